The molecule has 762 valence electrons. The Hall–Kier alpha value is -9.66. The van der Waals surface area contributed by atoms with Crippen LogP contribution in [0.5, 0.6) is 34.5 Å². The summed E-state index contributed by atoms with van der Waals surface area (Å²) in [4.78, 5) is 63.1. The topological polar surface area (TPSA) is 355 Å². The highest BCUT2D eigenvalue weighted by Crippen LogP contribution is 2.38. The van der Waals surface area contributed by atoms with E-state index in [9.17, 15) is 9.18 Å². The molecule has 19 rings (SSSR count). The van der Waals surface area contributed by atoms with Crippen molar-refractivity contribution in [2.75, 3.05) is 230 Å². The number of alkyl halides is 1. The van der Waals surface area contributed by atoms with Crippen molar-refractivity contribution in [3.8, 4) is 34.5 Å². The maximum Gasteiger partial charge on any atom is 0.219 e. The van der Waals surface area contributed by atoms with E-state index in [0.717, 1.165) is 178 Å². The summed E-state index contributed by atoms with van der Waals surface area (Å²) in [6, 6.07) is 11.1. The summed E-state index contributed by atoms with van der Waals surface area (Å²) in [5.74, 6) is 3.60. The zero-order valence-corrected chi connectivity index (χ0v) is 88.3. The van der Waals surface area contributed by atoms with Gasteiger partial charge in [-0.25, -0.2) is 4.39 Å². The highest BCUT2D eigenvalue weighted by molar-refractivity contribution is 7.81. The third-order valence-corrected chi connectivity index (χ3v) is 28.7. The monoisotopic (exact) mass is 2180 g/mol. The molecule has 18 heterocycles. The van der Waals surface area contributed by atoms with Crippen LogP contribution in [-0.4, -0.2) is 400 Å². The highest BCUT2D eigenvalue weighted by Gasteiger charge is 2.35. The molecule has 1 aliphatic carbocycles. The van der Waals surface area contributed by atoms with E-state index >= 15 is 0 Å². The summed E-state index contributed by atoms with van der Waals surface area (Å²) >= 11 is 69.4. The fourth-order valence-electron chi connectivity index (χ4n) is 16.5. The number of pyridine rings is 6. The minimum atomic E-state index is -0.312. The van der Waals surface area contributed by atoms with Gasteiger partial charge in [-0.1, -0.05) is 83.1 Å². The lowest BCUT2D eigenvalue weighted by atomic mass is 10.1. The molecule has 0 aromatic carbocycles. The van der Waals surface area contributed by atoms with Gasteiger partial charge in [-0.15, -0.1) is 0 Å². The van der Waals surface area contributed by atoms with Gasteiger partial charge >= 0.3 is 0 Å². The average Bonchev–Trinajstić information content (AvgIpc) is 1.38. The van der Waals surface area contributed by atoms with Crippen LogP contribution in [0.4, 0.5) is 4.39 Å². The molecule has 142 heavy (non-hydrogen) atoms. The molecule has 7 fully saturated rings. The summed E-state index contributed by atoms with van der Waals surface area (Å²) in [6.07, 6.45) is 18.4. The molecule has 12 aliphatic heterocycles. The predicted octanol–water partition coefficient (Wildman–Crippen LogP) is 9.12. The SMILES string of the molecule is C=CN1CCN(C(=S)N/N=C2/CCOc3c(Cl)ccnc32)CC1.CC(=O)N1CCN(C(=S)N/N=C2/CCOc3c(Cl)ccnc32)CC1.CCN1CCN(C(=S)N/N=C2/CCOc3c(Cl)ccnc32)CC1.FCCN1CCN(C(=S)N/N=C2/CCOc3c(Cl)ccnc32)CC1.OCCN1CCN(C(=S)N/N=C2/CCOc3c(Cl)ccnc32)CC1.S=C(N/N=C1/CCOc2c(Cl)ccnc21)N1CCN(C2CC2)CC1. The van der Waals surface area contributed by atoms with Gasteiger partial charge in [-0.05, 0) is 135 Å². The lowest BCUT2D eigenvalue weighted by Gasteiger charge is -2.35. The maximum atomic E-state index is 12.4. The van der Waals surface area contributed by atoms with E-state index in [0.29, 0.717) is 247 Å². The van der Waals surface area contributed by atoms with Crippen LogP contribution in [0.25, 0.3) is 0 Å². The number of aliphatic hydroxyl groups excluding tert-OH is 1. The van der Waals surface area contributed by atoms with E-state index < -0.39 is 0 Å². The molecule has 6 saturated heterocycles. The van der Waals surface area contributed by atoms with E-state index in [4.69, 9.17) is 176 Å². The lowest BCUT2D eigenvalue weighted by Crippen LogP contribution is -2.52. The van der Waals surface area contributed by atoms with Crippen LogP contribution < -0.4 is 61.0 Å². The quantitative estimate of drug-likeness (QED) is 0.0418. The number of nitrogens with one attached hydrogen (secondary N) is 6. The minimum absolute atomic E-state index is 0.0931. The molecule has 13 aliphatic rings. The molecular weight excluding hydrogens is 2070 g/mol. The minimum Gasteiger partial charge on any atom is -0.489 e. The number of carbonyl (C=O) groups is 1. The number of thiocarbonyl (C=S) groups is 6. The number of amides is 1. The first-order valence-corrected chi connectivity index (χ1v) is 51.8. The summed E-state index contributed by atoms with van der Waals surface area (Å²) < 4.78 is 45.8. The number of rotatable bonds is 13. The Kier molecular flexibility index (Phi) is 41.5. The van der Waals surface area contributed by atoms with Crippen LogP contribution in [-0.2, 0) is 4.79 Å². The first-order chi connectivity index (χ1) is 69.0. The van der Waals surface area contributed by atoms with Gasteiger partial charge in [0, 0.05) is 259 Å². The van der Waals surface area contributed by atoms with Crippen molar-refractivity contribution in [1.82, 2.24) is 121 Å². The van der Waals surface area contributed by atoms with Gasteiger partial charge in [0.25, 0.3) is 0 Å². The molecule has 51 heteroatoms. The summed E-state index contributed by atoms with van der Waals surface area (Å²) in [6.45, 7) is 33.6. The van der Waals surface area contributed by atoms with Crippen molar-refractivity contribution in [3.63, 3.8) is 0 Å². The van der Waals surface area contributed by atoms with E-state index in [-0.39, 0.29) is 19.2 Å². The third-order valence-electron chi connectivity index (χ3n) is 24.8. The number of likely N-dealkylation sites (N-methyl/N-ethyl adjacent to an activating group) is 1. The van der Waals surface area contributed by atoms with Crippen LogP contribution in [0.1, 0.15) is 99.4 Å². The molecule has 38 nitrogen and oxygen atoms in total. The molecule has 1 saturated carbocycles. The largest absolute Gasteiger partial charge is 0.489 e. The Balaban J connectivity index is 0.000000135. The van der Waals surface area contributed by atoms with Crippen LogP contribution in [0.3, 0.4) is 0 Å². The second kappa shape index (κ2) is 54.5. The number of hydrogen-bond donors (Lipinski definition) is 7. The van der Waals surface area contributed by atoms with Gasteiger partial charge in [0.05, 0.1) is 111 Å². The smallest absolute Gasteiger partial charge is 0.219 e. The molecule has 0 spiro atoms. The van der Waals surface area contributed by atoms with Crippen LogP contribution in [0.15, 0.2) is 117 Å². The molecular formula is C91H115Cl6FN30O8S6. The zero-order valence-electron chi connectivity index (χ0n) is 78.8. The number of nitrogens with zero attached hydrogens (tertiary/aromatic N) is 24. The maximum absolute atomic E-state index is 12.4. The number of fused-ring (bicyclic) bond motifs is 6. The normalized spacial score (nSPS) is 20.1. The van der Waals surface area contributed by atoms with E-state index in [2.05, 4.69) is 151 Å². The molecule has 0 bridgehead atoms. The van der Waals surface area contributed by atoms with Crippen LogP contribution in [0, 0.1) is 0 Å². The number of aliphatic hydroxyl groups is 1. The van der Waals surface area contributed by atoms with Gasteiger partial charge in [-0.3, -0.25) is 82.0 Å². The molecule has 6 aromatic rings. The summed E-state index contributed by atoms with van der Waals surface area (Å²) in [7, 11) is 0. The number of hydrazone groups is 6. The van der Waals surface area contributed by atoms with Crippen molar-refractivity contribution in [3.05, 3.63) is 151 Å². The standard InChI is InChI=1S/C16H20ClN5OS.C15H19ClFN5OS.C15H18ClN5O2S.C15H20ClN5O2S.C15H20ClN5OS.C15H18ClN5OS/c17-12-3-5-18-14-13(4-10-23-15(12)14)19-20-16(24)22-8-6-21(7-9-22)11-1-2-11;16-11-1-4-18-13-12(2-10-23-14(11)13)19-20-15(24)22-8-6-21(5-3-17)7-9-22;1-10(22)20-5-7-21(8-6-20)15(24)19-18-12-3-9-23-14-11(16)2-4-17-13(12)14;16-11-1-3-17-13-12(2-10-23-14(11)13)18-19-15(24)21-6-4-20(5-7-21)8-9-22;2*1-2-20-6-8-21(9-7-20)15(23)19-18-12-4-10-22-14-11(16)3-5-17-13(12)14/h3,5,11H,1-2,4,6-10H2,(H,20,24);1,4H,2-3,5-10H2,(H,20,24);2,4H,3,5-9H2,1H3,(H,19,24);1,3,22H,2,4-10H2,(H,19,24);3,5H,2,4,6-10H2,1H3,(H,19,23);2-3,5H,1,4,6-10H2,(H,19,23)/b19-13-;19-12-;4*18-12-. The first kappa shape index (κ1) is 108. The van der Waals surface area contributed by atoms with Gasteiger partial charge in [0.15, 0.2) is 65.2 Å². The number of aromatic nitrogens is 6. The summed E-state index contributed by atoms with van der Waals surface area (Å²) in [5.41, 5.74) is 26.7. The molecule has 0 atom stereocenters. The molecule has 7 N–H and O–H groups in total. The molecule has 0 unspecified atom stereocenters. The Bertz CT molecular complexity index is 5520. The Morgan fingerprint density at radius 2 is 0.599 bits per heavy atom. The van der Waals surface area contributed by atoms with E-state index in [1.54, 1.807) is 80.5 Å². The van der Waals surface area contributed by atoms with Crippen molar-refractivity contribution in [2.45, 2.75) is 71.3 Å². The molecule has 6 aromatic heterocycles. The van der Waals surface area contributed by atoms with Gasteiger partial charge < -0.3 is 77.6 Å². The summed E-state index contributed by atoms with van der Waals surface area (Å²) in [5, 5.41) is 42.5. The molecule has 1 amide bonds. The van der Waals surface area contributed by atoms with Gasteiger partial charge in [0.1, 0.15) is 40.8 Å². The number of halogens is 7. The van der Waals surface area contributed by atoms with Crippen LogP contribution in [0.2, 0.25) is 30.1 Å². The van der Waals surface area contributed by atoms with Gasteiger partial charge in [-0.2, -0.15) is 30.6 Å². The predicted molar refractivity (Wildman–Crippen MR) is 576 cm³/mol. The van der Waals surface area contributed by atoms with Crippen molar-refractivity contribution < 1.29 is 42.7 Å². The fourth-order valence-corrected chi connectivity index (χ4v) is 19.1. The Morgan fingerprint density at radius 3 is 0.824 bits per heavy atom. The third kappa shape index (κ3) is 30.1. The zero-order chi connectivity index (χ0) is 100.0. The second-order valence-corrected chi connectivity index (χ2v) is 38.5. The van der Waals surface area contributed by atoms with Crippen LogP contribution >= 0.6 is 143 Å². The highest BCUT2D eigenvalue weighted by atomic mass is 35.5. The van der Waals surface area contributed by atoms with E-state index in [1.807, 2.05) is 20.9 Å². The molecule has 0 radical (unpaired) electrons. The number of ether oxygens (including phenoxy) is 6. The first-order valence-electron chi connectivity index (χ1n) is 47.1. The lowest BCUT2D eigenvalue weighted by molar-refractivity contribution is -0.130. The number of β-amino-alcohol motifs (C(OH)–C–C–N with tert-alkyl or cyclic N) is 1. The average molecular weight is 2180 g/mol. The van der Waals surface area contributed by atoms with Crippen molar-refractivity contribution in [1.29, 1.82) is 0 Å². The van der Waals surface area contributed by atoms with Gasteiger partial charge in [0.2, 0.25) is 5.91 Å². The van der Waals surface area contributed by atoms with Crippen molar-refractivity contribution in [2.24, 2.45) is 30.6 Å². The number of carbonyl (C=O) groups excluding carboxylic acids is 1. The fraction of sp³-hybridized carbons (Fsp3) is 0.505. The van der Waals surface area contributed by atoms with Crippen molar-refractivity contribution >= 4 is 214 Å². The number of piperazine rings is 6. The van der Waals surface area contributed by atoms with E-state index in [1.165, 1.54) is 12.8 Å². The number of hydrogen-bond acceptors (Lipinski definition) is 31. The Morgan fingerprint density at radius 1 is 0.373 bits per heavy atom. The second-order valence-electron chi connectivity index (χ2n) is 33.7. The Labute approximate surface area is 887 Å².